The molecule has 0 radical (unpaired) electrons. The van der Waals surface area contributed by atoms with Gasteiger partial charge in [-0.25, -0.2) is 9.78 Å². The second kappa shape index (κ2) is 10.3. The van der Waals surface area contributed by atoms with Gasteiger partial charge in [0.25, 0.3) is 0 Å². The Kier molecular flexibility index (Phi) is 7.81. The number of rotatable bonds is 9. The molecule has 0 aliphatic heterocycles. The summed E-state index contributed by atoms with van der Waals surface area (Å²) in [6, 6.07) is 3.43. The van der Waals surface area contributed by atoms with Crippen LogP contribution in [0.25, 0.3) is 11.0 Å². The summed E-state index contributed by atoms with van der Waals surface area (Å²) in [7, 11) is 3.08. The zero-order valence-corrected chi connectivity index (χ0v) is 17.2. The molecule has 0 unspecified atom stereocenters. The number of amides is 1. The van der Waals surface area contributed by atoms with Crippen LogP contribution in [0.1, 0.15) is 29.5 Å². The number of aromatic nitrogens is 2. The standard InChI is InChI=1S/C19H28N6O4.2H2/c1-5-29-19(26)23-9-7-6-8-22-18-17(21)25(12(2)20)14-11-16(28-4)15(27-3)10-13(14)24-18;;/h10-11,20-21H,5-9H2,1-4H3,(H,22,24)(H,23,26);2*1H. The van der Waals surface area contributed by atoms with E-state index in [0.717, 1.165) is 12.8 Å². The average molecular weight is 409 g/mol. The molecule has 2 rings (SSSR count). The number of fused-ring (bicyclic) bond motifs is 1. The van der Waals surface area contributed by atoms with Gasteiger partial charge in [-0.3, -0.25) is 15.4 Å². The number of ether oxygens (including phenoxy) is 3. The van der Waals surface area contributed by atoms with Gasteiger partial charge in [0.05, 0.1) is 31.9 Å². The molecule has 29 heavy (non-hydrogen) atoms. The fourth-order valence-electron chi connectivity index (χ4n) is 2.83. The summed E-state index contributed by atoms with van der Waals surface area (Å²) in [5.41, 5.74) is 1.25. The van der Waals surface area contributed by atoms with E-state index in [1.54, 1.807) is 33.1 Å². The van der Waals surface area contributed by atoms with Gasteiger partial charge in [-0.05, 0) is 26.7 Å². The number of hydrogen-bond donors (Lipinski definition) is 4. The maximum atomic E-state index is 11.2. The normalized spacial score (nSPS) is 10.5. The highest BCUT2D eigenvalue weighted by Crippen LogP contribution is 2.31. The number of anilines is 1. The van der Waals surface area contributed by atoms with Crippen molar-refractivity contribution in [3.63, 3.8) is 0 Å². The van der Waals surface area contributed by atoms with Crippen molar-refractivity contribution < 1.29 is 21.9 Å². The molecule has 1 aromatic heterocycles. The van der Waals surface area contributed by atoms with Gasteiger partial charge < -0.3 is 24.8 Å². The van der Waals surface area contributed by atoms with E-state index in [4.69, 9.17) is 25.0 Å². The zero-order valence-electron chi connectivity index (χ0n) is 17.2. The maximum absolute atomic E-state index is 11.2. The van der Waals surface area contributed by atoms with Crippen molar-refractivity contribution in [2.24, 2.45) is 0 Å². The summed E-state index contributed by atoms with van der Waals surface area (Å²) in [6.45, 7) is 4.79. The molecule has 0 aliphatic carbocycles. The molecule has 0 aliphatic rings. The SMILES string of the molecule is CCOC(=O)NCCCCNc1nc2cc(OC)c(OC)cc2n(C(C)=N)c1=N.[HH].[HH]. The van der Waals surface area contributed by atoms with Crippen molar-refractivity contribution in [1.29, 1.82) is 10.8 Å². The lowest BCUT2D eigenvalue weighted by atomic mass is 10.2. The molecular formula is C19H32N6O4. The number of benzene rings is 1. The van der Waals surface area contributed by atoms with Gasteiger partial charge in [0.2, 0.25) is 0 Å². The molecule has 0 bridgehead atoms. The van der Waals surface area contributed by atoms with E-state index in [1.807, 2.05) is 0 Å². The van der Waals surface area contributed by atoms with Crippen LogP contribution >= 0.6 is 0 Å². The molecule has 162 valence electrons. The Morgan fingerprint density at radius 2 is 1.86 bits per heavy atom. The Balaban J connectivity index is 0.00000450. The van der Waals surface area contributed by atoms with Gasteiger partial charge in [-0.15, -0.1) is 0 Å². The highest BCUT2D eigenvalue weighted by molar-refractivity contribution is 5.92. The van der Waals surface area contributed by atoms with Crippen molar-refractivity contribution in [1.82, 2.24) is 14.9 Å². The van der Waals surface area contributed by atoms with Gasteiger partial charge in [0.15, 0.2) is 22.8 Å². The van der Waals surface area contributed by atoms with E-state index in [1.165, 1.54) is 11.7 Å². The van der Waals surface area contributed by atoms with Crippen LogP contribution in [0.5, 0.6) is 11.5 Å². The summed E-state index contributed by atoms with van der Waals surface area (Å²) in [5.74, 6) is 1.59. The number of nitrogens with one attached hydrogen (secondary N) is 4. The van der Waals surface area contributed by atoms with Crippen LogP contribution in [0.2, 0.25) is 0 Å². The number of methoxy groups -OCH3 is 2. The molecular weight excluding hydrogens is 376 g/mol. The fourth-order valence-corrected chi connectivity index (χ4v) is 2.83. The Morgan fingerprint density at radius 1 is 1.21 bits per heavy atom. The number of nitrogens with zero attached hydrogens (tertiary/aromatic N) is 2. The minimum absolute atomic E-state index is 0. The zero-order chi connectivity index (χ0) is 21.4. The molecule has 1 heterocycles. The van der Waals surface area contributed by atoms with Gasteiger partial charge in [0.1, 0.15) is 5.84 Å². The minimum atomic E-state index is -0.419. The fraction of sp³-hybridized carbons (Fsp3) is 0.474. The van der Waals surface area contributed by atoms with Crippen LogP contribution in [-0.2, 0) is 4.74 Å². The van der Waals surface area contributed by atoms with E-state index in [2.05, 4.69) is 15.6 Å². The summed E-state index contributed by atoms with van der Waals surface area (Å²) >= 11 is 0. The largest absolute Gasteiger partial charge is 0.493 e. The van der Waals surface area contributed by atoms with Crippen molar-refractivity contribution >= 4 is 28.8 Å². The quantitative estimate of drug-likeness (QED) is 0.286. The highest BCUT2D eigenvalue weighted by atomic mass is 16.5. The molecule has 0 atom stereocenters. The average Bonchev–Trinajstić information content (AvgIpc) is 2.69. The molecule has 1 aromatic carbocycles. The minimum Gasteiger partial charge on any atom is -0.493 e. The van der Waals surface area contributed by atoms with Crippen LogP contribution in [0.3, 0.4) is 0 Å². The number of unbranched alkanes of at least 4 members (excludes halogenated alkanes) is 1. The Bertz CT molecular complexity index is 951. The first kappa shape index (κ1) is 22.0. The second-order valence-corrected chi connectivity index (χ2v) is 6.21. The molecule has 0 saturated heterocycles. The molecule has 1 amide bonds. The van der Waals surface area contributed by atoms with Crippen molar-refractivity contribution in [2.75, 3.05) is 39.2 Å². The third-order valence-corrected chi connectivity index (χ3v) is 4.18. The van der Waals surface area contributed by atoms with E-state index in [0.29, 0.717) is 48.0 Å². The molecule has 2 aromatic rings. The summed E-state index contributed by atoms with van der Waals surface area (Å²) < 4.78 is 17.0. The first-order chi connectivity index (χ1) is 13.9. The number of carbonyl (C=O) groups excluding carboxylic acids is 1. The van der Waals surface area contributed by atoms with Gasteiger partial charge in [-0.1, -0.05) is 0 Å². The first-order valence-electron chi connectivity index (χ1n) is 9.36. The summed E-state index contributed by atoms with van der Waals surface area (Å²) in [5, 5.41) is 22.4. The lowest BCUT2D eigenvalue weighted by Gasteiger charge is -2.16. The van der Waals surface area contributed by atoms with Gasteiger partial charge >= 0.3 is 6.09 Å². The predicted octanol–water partition coefficient (Wildman–Crippen LogP) is 2.81. The number of carbonyl (C=O) groups is 1. The Morgan fingerprint density at radius 3 is 2.48 bits per heavy atom. The number of hydrogen-bond acceptors (Lipinski definition) is 8. The van der Waals surface area contributed by atoms with Crippen LogP contribution in [0.15, 0.2) is 12.1 Å². The Hall–Kier alpha value is -3.30. The van der Waals surface area contributed by atoms with Crippen LogP contribution in [0, 0.1) is 10.8 Å². The van der Waals surface area contributed by atoms with Crippen molar-refractivity contribution in [3.8, 4) is 11.5 Å². The van der Waals surface area contributed by atoms with Crippen molar-refractivity contribution in [3.05, 3.63) is 17.6 Å². The van der Waals surface area contributed by atoms with E-state index < -0.39 is 6.09 Å². The molecule has 0 saturated carbocycles. The summed E-state index contributed by atoms with van der Waals surface area (Å²) in [4.78, 5) is 15.8. The van der Waals surface area contributed by atoms with E-state index >= 15 is 0 Å². The molecule has 10 nitrogen and oxygen atoms in total. The molecule has 4 N–H and O–H groups in total. The van der Waals surface area contributed by atoms with Gasteiger partial charge in [-0.2, -0.15) is 0 Å². The lowest BCUT2D eigenvalue weighted by molar-refractivity contribution is 0.152. The van der Waals surface area contributed by atoms with E-state index in [-0.39, 0.29) is 14.2 Å². The third kappa shape index (κ3) is 5.37. The monoisotopic (exact) mass is 408 g/mol. The lowest BCUT2D eigenvalue weighted by Crippen LogP contribution is -2.29. The van der Waals surface area contributed by atoms with Crippen LogP contribution in [0.4, 0.5) is 10.6 Å². The van der Waals surface area contributed by atoms with E-state index in [9.17, 15) is 4.79 Å². The summed E-state index contributed by atoms with van der Waals surface area (Å²) in [6.07, 6.45) is 1.10. The highest BCUT2D eigenvalue weighted by Gasteiger charge is 2.14. The second-order valence-electron chi connectivity index (χ2n) is 6.21. The Labute approximate surface area is 172 Å². The smallest absolute Gasteiger partial charge is 0.407 e. The topological polar surface area (TPSA) is 134 Å². The number of alkyl carbamates (subject to hydrolysis) is 1. The van der Waals surface area contributed by atoms with Gasteiger partial charge in [0, 0.05) is 28.1 Å². The molecule has 0 fully saturated rings. The maximum Gasteiger partial charge on any atom is 0.407 e. The third-order valence-electron chi connectivity index (χ3n) is 4.18. The molecule has 0 spiro atoms. The predicted molar refractivity (Wildman–Crippen MR) is 114 cm³/mol. The van der Waals surface area contributed by atoms with Crippen molar-refractivity contribution in [2.45, 2.75) is 26.7 Å². The van der Waals surface area contributed by atoms with Crippen LogP contribution < -0.4 is 25.6 Å². The molecule has 10 heteroatoms. The van der Waals surface area contributed by atoms with Crippen LogP contribution in [-0.4, -0.2) is 55.4 Å². The first-order valence-corrected chi connectivity index (χ1v) is 9.36.